The molecule has 3 unspecified atom stereocenters. The van der Waals surface area contributed by atoms with E-state index in [1.54, 1.807) is 19.1 Å². The van der Waals surface area contributed by atoms with E-state index in [4.69, 9.17) is 18.9 Å². The fourth-order valence-electron chi connectivity index (χ4n) is 5.61. The number of hydrogen-bond donors (Lipinski definition) is 2. The predicted octanol–water partition coefficient (Wildman–Crippen LogP) is 3.94. The van der Waals surface area contributed by atoms with E-state index in [1.165, 1.54) is 0 Å². The molecule has 2 fully saturated rings. The molecule has 2 aliphatic heterocycles. The molecule has 5 rings (SSSR count). The highest BCUT2D eigenvalue weighted by Gasteiger charge is 2.61. The Morgan fingerprint density at radius 2 is 1.51 bits per heavy atom. The summed E-state index contributed by atoms with van der Waals surface area (Å²) in [5.74, 6) is 1.46. The third-order valence-electron chi connectivity index (χ3n) is 7.66. The highest BCUT2D eigenvalue weighted by Crippen LogP contribution is 2.45. The number of carbonyl (C=O) groups excluding carboxylic acids is 1. The zero-order valence-electron chi connectivity index (χ0n) is 22.8. The normalized spacial score (nSPS) is 22.3. The van der Waals surface area contributed by atoms with Crippen molar-refractivity contribution in [3.05, 3.63) is 95.6 Å². The lowest BCUT2D eigenvalue weighted by molar-refractivity contribution is -0.134. The molecule has 0 radical (unpaired) electrons. The molecule has 2 N–H and O–H groups in total. The standard InChI is InChI=1S/C31H36N2O6/c1-21(2)32-29(35)33-19-30(28(34)27(33)18-38-30)20-39-31(22-8-6-5-7-9-22,23-10-14-25(36-3)15-11-23)24-12-16-26(37-4)17-13-24/h5-17,21,27-28,34H,18-20H2,1-4H3,(H,32,35). The van der Waals surface area contributed by atoms with E-state index in [0.29, 0.717) is 0 Å². The van der Waals surface area contributed by atoms with Gasteiger partial charge in [0.25, 0.3) is 0 Å². The maximum absolute atomic E-state index is 12.9. The number of ether oxygens (including phenoxy) is 4. The maximum Gasteiger partial charge on any atom is 0.318 e. The highest BCUT2D eigenvalue weighted by atomic mass is 16.6. The maximum atomic E-state index is 12.9. The molecule has 3 aromatic carbocycles. The van der Waals surface area contributed by atoms with Crippen LogP contribution in [0.1, 0.15) is 30.5 Å². The minimum absolute atomic E-state index is 0.0160. The summed E-state index contributed by atoms with van der Waals surface area (Å²) < 4.78 is 24.0. The number of amides is 2. The molecular weight excluding hydrogens is 496 g/mol. The van der Waals surface area contributed by atoms with Gasteiger partial charge in [0.15, 0.2) is 0 Å². The van der Waals surface area contributed by atoms with Crippen molar-refractivity contribution < 1.29 is 28.8 Å². The first-order valence-electron chi connectivity index (χ1n) is 13.2. The van der Waals surface area contributed by atoms with Crippen LogP contribution in [0, 0.1) is 0 Å². The number of hydrogen-bond acceptors (Lipinski definition) is 6. The second kappa shape index (κ2) is 10.9. The van der Waals surface area contributed by atoms with Crippen LogP contribution in [0.5, 0.6) is 11.5 Å². The molecule has 0 aliphatic carbocycles. The Bertz CT molecular complexity index is 1220. The van der Waals surface area contributed by atoms with Gasteiger partial charge in [0.05, 0.1) is 40.0 Å². The molecule has 3 aromatic rings. The van der Waals surface area contributed by atoms with Crippen LogP contribution >= 0.6 is 0 Å². The Hall–Kier alpha value is -3.59. The molecule has 0 spiro atoms. The van der Waals surface area contributed by atoms with Gasteiger partial charge >= 0.3 is 6.03 Å². The largest absolute Gasteiger partial charge is 0.497 e. The highest BCUT2D eigenvalue weighted by molar-refractivity contribution is 5.76. The van der Waals surface area contributed by atoms with E-state index in [-0.39, 0.29) is 31.8 Å². The average molecular weight is 533 g/mol. The van der Waals surface area contributed by atoms with Crippen LogP contribution in [0.3, 0.4) is 0 Å². The number of aliphatic hydroxyl groups excluding tert-OH is 1. The molecule has 39 heavy (non-hydrogen) atoms. The third-order valence-corrected chi connectivity index (χ3v) is 7.66. The fraction of sp³-hybridized carbons (Fsp3) is 0.387. The number of benzene rings is 3. The van der Waals surface area contributed by atoms with Crippen molar-refractivity contribution in [2.45, 2.75) is 43.2 Å². The van der Waals surface area contributed by atoms with Gasteiger partial charge in [0, 0.05) is 6.04 Å². The number of nitrogens with zero attached hydrogens (tertiary/aromatic N) is 1. The molecule has 0 aromatic heterocycles. The molecule has 206 valence electrons. The SMILES string of the molecule is COc1ccc(C(OCC23CN(C(=O)NC(C)C)C(CO2)C3O)(c2ccccc2)c2ccc(OC)cc2)cc1. The summed E-state index contributed by atoms with van der Waals surface area (Å²) in [6.45, 7) is 4.36. The number of fused-ring (bicyclic) bond motifs is 2. The minimum Gasteiger partial charge on any atom is -0.497 e. The fourth-order valence-corrected chi connectivity index (χ4v) is 5.61. The van der Waals surface area contributed by atoms with Crippen molar-refractivity contribution in [1.82, 2.24) is 10.2 Å². The van der Waals surface area contributed by atoms with Crippen LogP contribution in [0.2, 0.25) is 0 Å². The van der Waals surface area contributed by atoms with Crippen LogP contribution in [-0.4, -0.2) is 73.8 Å². The number of rotatable bonds is 9. The van der Waals surface area contributed by atoms with Gasteiger partial charge < -0.3 is 34.3 Å². The Morgan fingerprint density at radius 3 is 2.03 bits per heavy atom. The summed E-state index contributed by atoms with van der Waals surface area (Å²) in [5.41, 5.74) is 0.564. The van der Waals surface area contributed by atoms with Crippen LogP contribution in [0.25, 0.3) is 0 Å². The van der Waals surface area contributed by atoms with E-state index in [2.05, 4.69) is 5.32 Å². The molecule has 2 bridgehead atoms. The first-order valence-corrected chi connectivity index (χ1v) is 13.2. The number of methoxy groups -OCH3 is 2. The van der Waals surface area contributed by atoms with Crippen molar-refractivity contribution in [1.29, 1.82) is 0 Å². The molecule has 2 saturated heterocycles. The summed E-state index contributed by atoms with van der Waals surface area (Å²) >= 11 is 0. The second-order valence-corrected chi connectivity index (χ2v) is 10.4. The molecule has 2 aliphatic rings. The van der Waals surface area contributed by atoms with E-state index < -0.39 is 23.3 Å². The summed E-state index contributed by atoms with van der Waals surface area (Å²) in [7, 11) is 3.27. The Labute approximate surface area is 229 Å². The quantitative estimate of drug-likeness (QED) is 0.406. The monoisotopic (exact) mass is 532 g/mol. The second-order valence-electron chi connectivity index (χ2n) is 10.4. The van der Waals surface area contributed by atoms with E-state index in [0.717, 1.165) is 28.2 Å². The van der Waals surface area contributed by atoms with E-state index in [9.17, 15) is 9.90 Å². The van der Waals surface area contributed by atoms with E-state index >= 15 is 0 Å². The van der Waals surface area contributed by atoms with Crippen molar-refractivity contribution in [3.63, 3.8) is 0 Å². The number of urea groups is 1. The van der Waals surface area contributed by atoms with Gasteiger partial charge in [-0.25, -0.2) is 4.79 Å². The summed E-state index contributed by atoms with van der Waals surface area (Å²) in [5, 5.41) is 14.3. The van der Waals surface area contributed by atoms with Gasteiger partial charge in [-0.2, -0.15) is 0 Å². The number of morpholine rings is 1. The number of carbonyl (C=O) groups is 1. The molecule has 2 amide bonds. The Kier molecular flexibility index (Phi) is 7.53. The molecule has 8 heteroatoms. The predicted molar refractivity (Wildman–Crippen MR) is 147 cm³/mol. The third kappa shape index (κ3) is 4.84. The van der Waals surface area contributed by atoms with Gasteiger partial charge in [0.2, 0.25) is 0 Å². The van der Waals surface area contributed by atoms with Crippen molar-refractivity contribution in [2.75, 3.05) is 34.0 Å². The smallest absolute Gasteiger partial charge is 0.318 e. The summed E-state index contributed by atoms with van der Waals surface area (Å²) in [6, 6.07) is 24.9. The number of nitrogens with one attached hydrogen (secondary N) is 1. The van der Waals surface area contributed by atoms with Crippen molar-refractivity contribution in [3.8, 4) is 11.5 Å². The number of aliphatic hydroxyl groups is 1. The van der Waals surface area contributed by atoms with Gasteiger partial charge in [-0.3, -0.25) is 0 Å². The van der Waals surface area contributed by atoms with Gasteiger partial charge in [-0.15, -0.1) is 0 Å². The lowest BCUT2D eigenvalue weighted by Gasteiger charge is -2.40. The first-order chi connectivity index (χ1) is 18.8. The van der Waals surface area contributed by atoms with Crippen LogP contribution in [0.4, 0.5) is 4.79 Å². The van der Waals surface area contributed by atoms with Crippen LogP contribution < -0.4 is 14.8 Å². The van der Waals surface area contributed by atoms with Crippen molar-refractivity contribution in [2.24, 2.45) is 0 Å². The first kappa shape index (κ1) is 27.0. The lowest BCUT2D eigenvalue weighted by Crippen LogP contribution is -2.53. The number of likely N-dealkylation sites (tertiary alicyclic amines) is 1. The molecule has 8 nitrogen and oxygen atoms in total. The van der Waals surface area contributed by atoms with Crippen LogP contribution in [0.15, 0.2) is 78.9 Å². The molecular formula is C31H36N2O6. The minimum atomic E-state index is -1.06. The van der Waals surface area contributed by atoms with Crippen molar-refractivity contribution >= 4 is 6.03 Å². The molecule has 0 saturated carbocycles. The topological polar surface area (TPSA) is 89.5 Å². The van der Waals surface area contributed by atoms with Gasteiger partial charge in [-0.1, -0.05) is 54.6 Å². The average Bonchev–Trinajstić information content (AvgIpc) is 3.43. The van der Waals surface area contributed by atoms with E-state index in [1.807, 2.05) is 92.7 Å². The zero-order valence-corrected chi connectivity index (χ0v) is 22.8. The Balaban J connectivity index is 1.57. The molecule has 3 atom stereocenters. The van der Waals surface area contributed by atoms with Crippen LogP contribution in [-0.2, 0) is 15.1 Å². The molecule has 2 heterocycles. The lowest BCUT2D eigenvalue weighted by atomic mass is 9.79. The summed E-state index contributed by atoms with van der Waals surface area (Å²) in [6.07, 6.45) is -0.879. The Morgan fingerprint density at radius 1 is 0.974 bits per heavy atom. The van der Waals surface area contributed by atoms with Gasteiger partial charge in [0.1, 0.15) is 28.8 Å². The summed E-state index contributed by atoms with van der Waals surface area (Å²) in [4.78, 5) is 14.6. The van der Waals surface area contributed by atoms with Gasteiger partial charge in [-0.05, 0) is 54.8 Å². The zero-order chi connectivity index (χ0) is 27.6.